The molecule has 1 N–H and O–H groups in total. The number of halogens is 2. The van der Waals surface area contributed by atoms with Gasteiger partial charge in [0, 0.05) is 22.3 Å². The number of nitrogens with zero attached hydrogens (tertiary/aromatic N) is 1. The van der Waals surface area contributed by atoms with Gasteiger partial charge in [-0.15, -0.1) is 11.8 Å². The van der Waals surface area contributed by atoms with Crippen LogP contribution < -0.4 is 0 Å². The number of aliphatic hydroxyl groups is 1. The zero-order valence-corrected chi connectivity index (χ0v) is 11.5. The summed E-state index contributed by atoms with van der Waals surface area (Å²) in [6, 6.07) is 2.51. The monoisotopic (exact) mass is 295 g/mol. The van der Waals surface area contributed by atoms with Crippen LogP contribution in [-0.2, 0) is 0 Å². The molecule has 94 valence electrons. The van der Waals surface area contributed by atoms with E-state index in [1.54, 1.807) is 6.92 Å². The first-order valence-corrected chi connectivity index (χ1v) is 6.44. The minimum atomic E-state index is -0.551. The molecule has 2 atom stereocenters. The summed E-state index contributed by atoms with van der Waals surface area (Å²) < 4.78 is 0. The predicted octanol–water partition coefficient (Wildman–Crippen LogP) is 3.76. The van der Waals surface area contributed by atoms with Gasteiger partial charge in [-0.3, -0.25) is 10.1 Å². The number of nitro groups is 1. The number of hydrogen-bond donors (Lipinski definition) is 1. The molecule has 0 aliphatic rings. The number of non-ortho nitro benzene ring substituents is 1. The molecule has 0 saturated carbocycles. The highest BCUT2D eigenvalue weighted by molar-refractivity contribution is 8.00. The van der Waals surface area contributed by atoms with Crippen LogP contribution in [0.5, 0.6) is 0 Å². The molecule has 0 radical (unpaired) electrons. The fourth-order valence-electron chi connectivity index (χ4n) is 1.05. The van der Waals surface area contributed by atoms with Crippen molar-refractivity contribution in [1.82, 2.24) is 0 Å². The molecule has 17 heavy (non-hydrogen) atoms. The van der Waals surface area contributed by atoms with E-state index in [-0.39, 0.29) is 21.0 Å². The SMILES string of the molecule is CC(O)C(C)Sc1c(Cl)cc([N+](=O)[O-])cc1Cl. The summed E-state index contributed by atoms with van der Waals surface area (Å²) in [5, 5.41) is 20.3. The van der Waals surface area contributed by atoms with Gasteiger partial charge in [-0.1, -0.05) is 30.1 Å². The quantitative estimate of drug-likeness (QED) is 0.522. The number of nitro benzene ring substituents is 1. The lowest BCUT2D eigenvalue weighted by Crippen LogP contribution is -2.15. The number of benzene rings is 1. The second kappa shape index (κ2) is 5.91. The van der Waals surface area contributed by atoms with Gasteiger partial charge in [0.2, 0.25) is 0 Å². The predicted molar refractivity (Wildman–Crippen MR) is 70.1 cm³/mol. The van der Waals surface area contributed by atoms with E-state index in [1.165, 1.54) is 23.9 Å². The van der Waals surface area contributed by atoms with E-state index in [2.05, 4.69) is 0 Å². The zero-order valence-electron chi connectivity index (χ0n) is 9.18. The Hall–Kier alpha value is -0.490. The maximum absolute atomic E-state index is 10.6. The van der Waals surface area contributed by atoms with Crippen molar-refractivity contribution in [3.8, 4) is 0 Å². The van der Waals surface area contributed by atoms with E-state index in [0.29, 0.717) is 4.90 Å². The van der Waals surface area contributed by atoms with Crippen LogP contribution >= 0.6 is 35.0 Å². The van der Waals surface area contributed by atoms with Gasteiger partial charge in [0.15, 0.2) is 0 Å². The van der Waals surface area contributed by atoms with E-state index in [9.17, 15) is 15.2 Å². The van der Waals surface area contributed by atoms with Crippen molar-refractivity contribution in [1.29, 1.82) is 0 Å². The normalized spacial score (nSPS) is 14.4. The second-order valence-electron chi connectivity index (χ2n) is 3.56. The maximum Gasteiger partial charge on any atom is 0.272 e. The van der Waals surface area contributed by atoms with Gasteiger partial charge in [-0.25, -0.2) is 0 Å². The Labute approximate surface area is 113 Å². The molecule has 0 bridgehead atoms. The van der Waals surface area contributed by atoms with Gasteiger partial charge in [0.05, 0.1) is 21.1 Å². The molecular weight excluding hydrogens is 285 g/mol. The molecule has 1 aromatic carbocycles. The third kappa shape index (κ3) is 3.74. The Morgan fingerprint density at radius 2 is 1.82 bits per heavy atom. The van der Waals surface area contributed by atoms with Crippen molar-refractivity contribution in [3.63, 3.8) is 0 Å². The smallest absolute Gasteiger partial charge is 0.272 e. The standard InChI is InChI=1S/C10H11Cl2NO3S/c1-5(14)6(2)17-10-8(11)3-7(13(15)16)4-9(10)12/h3-6,14H,1-2H3. The summed E-state index contributed by atoms with van der Waals surface area (Å²) in [6.45, 7) is 3.48. The van der Waals surface area contributed by atoms with E-state index >= 15 is 0 Å². The molecule has 2 unspecified atom stereocenters. The van der Waals surface area contributed by atoms with Crippen LogP contribution in [0, 0.1) is 10.1 Å². The first kappa shape index (κ1) is 14.6. The fraction of sp³-hybridized carbons (Fsp3) is 0.400. The molecule has 0 aromatic heterocycles. The first-order valence-electron chi connectivity index (χ1n) is 4.81. The van der Waals surface area contributed by atoms with Gasteiger partial charge >= 0.3 is 0 Å². The lowest BCUT2D eigenvalue weighted by molar-refractivity contribution is -0.384. The Morgan fingerprint density at radius 1 is 1.35 bits per heavy atom. The van der Waals surface area contributed by atoms with Crippen molar-refractivity contribution in [3.05, 3.63) is 32.3 Å². The summed E-state index contributed by atoms with van der Waals surface area (Å²) in [5.41, 5.74) is -0.144. The molecular formula is C10H11Cl2NO3S. The zero-order chi connectivity index (χ0) is 13.2. The molecule has 0 spiro atoms. The Bertz CT molecular complexity index is 417. The minimum Gasteiger partial charge on any atom is -0.392 e. The number of hydrogen-bond acceptors (Lipinski definition) is 4. The molecule has 0 saturated heterocycles. The van der Waals surface area contributed by atoms with Gasteiger partial charge in [0.1, 0.15) is 0 Å². The molecule has 0 fully saturated rings. The van der Waals surface area contributed by atoms with Crippen LogP contribution in [0.1, 0.15) is 13.8 Å². The minimum absolute atomic E-state index is 0.105. The van der Waals surface area contributed by atoms with Crippen LogP contribution in [0.15, 0.2) is 17.0 Å². The molecule has 0 amide bonds. The summed E-state index contributed by atoms with van der Waals surface area (Å²) in [5.74, 6) is 0. The van der Waals surface area contributed by atoms with Crippen molar-refractivity contribution in [2.75, 3.05) is 0 Å². The summed E-state index contributed by atoms with van der Waals surface area (Å²) in [6.07, 6.45) is -0.526. The topological polar surface area (TPSA) is 63.4 Å². The number of rotatable bonds is 4. The average Bonchev–Trinajstić information content (AvgIpc) is 2.22. The van der Waals surface area contributed by atoms with E-state index in [1.807, 2.05) is 6.92 Å². The van der Waals surface area contributed by atoms with Crippen molar-refractivity contribution in [2.45, 2.75) is 30.1 Å². The maximum atomic E-state index is 10.6. The van der Waals surface area contributed by atoms with Gasteiger partial charge in [-0.05, 0) is 6.92 Å². The van der Waals surface area contributed by atoms with E-state index < -0.39 is 11.0 Å². The summed E-state index contributed by atoms with van der Waals surface area (Å²) in [4.78, 5) is 10.6. The van der Waals surface area contributed by atoms with Crippen LogP contribution in [0.25, 0.3) is 0 Å². The molecule has 7 heteroatoms. The Kier molecular flexibility index (Phi) is 5.06. The summed E-state index contributed by atoms with van der Waals surface area (Å²) >= 11 is 13.2. The summed E-state index contributed by atoms with van der Waals surface area (Å²) in [7, 11) is 0. The third-order valence-electron chi connectivity index (χ3n) is 2.18. The Morgan fingerprint density at radius 3 is 2.18 bits per heavy atom. The molecule has 1 rings (SSSR count). The highest BCUT2D eigenvalue weighted by Crippen LogP contribution is 2.39. The lowest BCUT2D eigenvalue weighted by atomic mass is 10.3. The van der Waals surface area contributed by atoms with Crippen molar-refractivity contribution < 1.29 is 10.0 Å². The second-order valence-corrected chi connectivity index (χ2v) is 5.76. The fourth-order valence-corrected chi connectivity index (χ4v) is 2.70. The van der Waals surface area contributed by atoms with Crippen LogP contribution in [0.3, 0.4) is 0 Å². The largest absolute Gasteiger partial charge is 0.392 e. The first-order chi connectivity index (χ1) is 7.82. The van der Waals surface area contributed by atoms with E-state index in [0.717, 1.165) is 0 Å². The van der Waals surface area contributed by atoms with Gasteiger partial charge in [0.25, 0.3) is 5.69 Å². The van der Waals surface area contributed by atoms with Gasteiger partial charge in [-0.2, -0.15) is 0 Å². The molecule has 0 aliphatic carbocycles. The Balaban J connectivity index is 3.06. The van der Waals surface area contributed by atoms with Crippen LogP contribution in [0.2, 0.25) is 10.0 Å². The lowest BCUT2D eigenvalue weighted by Gasteiger charge is -2.15. The number of aliphatic hydroxyl groups excluding tert-OH is 1. The van der Waals surface area contributed by atoms with Gasteiger partial charge < -0.3 is 5.11 Å². The molecule has 1 aromatic rings. The van der Waals surface area contributed by atoms with E-state index in [4.69, 9.17) is 23.2 Å². The number of thioether (sulfide) groups is 1. The van der Waals surface area contributed by atoms with Crippen LogP contribution in [0.4, 0.5) is 5.69 Å². The molecule has 0 heterocycles. The highest BCUT2D eigenvalue weighted by atomic mass is 35.5. The highest BCUT2D eigenvalue weighted by Gasteiger charge is 2.18. The van der Waals surface area contributed by atoms with Crippen molar-refractivity contribution >= 4 is 40.7 Å². The third-order valence-corrected chi connectivity index (χ3v) is 4.44. The van der Waals surface area contributed by atoms with Crippen molar-refractivity contribution in [2.24, 2.45) is 0 Å². The van der Waals surface area contributed by atoms with Crippen LogP contribution in [-0.4, -0.2) is 21.4 Å². The average molecular weight is 296 g/mol. The molecule has 4 nitrogen and oxygen atoms in total. The molecule has 0 aliphatic heterocycles.